The molecule has 2 N–H and O–H groups in total. The molecule has 0 saturated carbocycles. The third-order valence-electron chi connectivity index (χ3n) is 1.96. The van der Waals surface area contributed by atoms with E-state index in [1.165, 1.54) is 0 Å². The van der Waals surface area contributed by atoms with Crippen molar-refractivity contribution in [3.63, 3.8) is 0 Å². The van der Waals surface area contributed by atoms with E-state index in [9.17, 15) is 10.2 Å². The van der Waals surface area contributed by atoms with E-state index in [0.717, 1.165) is 11.3 Å². The van der Waals surface area contributed by atoms with Crippen LogP contribution in [-0.2, 0) is 0 Å². The number of aliphatic imine (C=N–C) groups is 1. The first kappa shape index (κ1) is 6.76. The predicted octanol–water partition coefficient (Wildman–Crippen LogP) is 0.00660. The second-order valence-electron chi connectivity index (χ2n) is 2.78. The first-order valence-corrected chi connectivity index (χ1v) is 3.59. The molecule has 3 heteroatoms. The smallest absolute Gasteiger partial charge is 0.0993 e. The van der Waals surface area contributed by atoms with Crippen molar-refractivity contribution < 1.29 is 10.2 Å². The Balaban J connectivity index is 2.33. The van der Waals surface area contributed by atoms with Crippen molar-refractivity contribution in [3.05, 3.63) is 23.9 Å². The van der Waals surface area contributed by atoms with Crippen LogP contribution in [-0.4, -0.2) is 28.1 Å². The number of aliphatic hydroxyl groups is 2. The van der Waals surface area contributed by atoms with Gasteiger partial charge in [-0.1, -0.05) is 0 Å². The largest absolute Gasteiger partial charge is 0.390 e. The van der Waals surface area contributed by atoms with Gasteiger partial charge in [0, 0.05) is 12.6 Å². The quantitative estimate of drug-likeness (QED) is 0.512. The average molecular weight is 151 g/mol. The maximum Gasteiger partial charge on any atom is 0.0993 e. The van der Waals surface area contributed by atoms with Crippen LogP contribution >= 0.6 is 0 Å². The van der Waals surface area contributed by atoms with Crippen LogP contribution in [0.15, 0.2) is 28.9 Å². The van der Waals surface area contributed by atoms with E-state index in [2.05, 4.69) is 4.99 Å². The summed E-state index contributed by atoms with van der Waals surface area (Å²) in [5.41, 5.74) is 1.82. The highest BCUT2D eigenvalue weighted by Crippen LogP contribution is 2.21. The van der Waals surface area contributed by atoms with E-state index in [-0.39, 0.29) is 0 Å². The topological polar surface area (TPSA) is 52.8 Å². The fourth-order valence-electron chi connectivity index (χ4n) is 1.31. The van der Waals surface area contributed by atoms with Crippen molar-refractivity contribution in [2.24, 2.45) is 4.99 Å². The Morgan fingerprint density at radius 2 is 2.27 bits per heavy atom. The van der Waals surface area contributed by atoms with Gasteiger partial charge in [-0.05, 0) is 17.7 Å². The molecule has 0 spiro atoms. The fourth-order valence-corrected chi connectivity index (χ4v) is 1.31. The number of hydrogen-bond donors (Lipinski definition) is 2. The molecular weight excluding hydrogens is 142 g/mol. The van der Waals surface area contributed by atoms with Gasteiger partial charge in [0.25, 0.3) is 0 Å². The Morgan fingerprint density at radius 3 is 3.09 bits per heavy atom. The van der Waals surface area contributed by atoms with Gasteiger partial charge in [0.15, 0.2) is 0 Å². The third kappa shape index (κ3) is 1.02. The molecule has 0 amide bonds. The van der Waals surface area contributed by atoms with Gasteiger partial charge in [-0.15, -0.1) is 0 Å². The molecule has 2 unspecified atom stereocenters. The highest BCUT2D eigenvalue weighted by atomic mass is 16.3. The van der Waals surface area contributed by atoms with E-state index in [1.807, 2.05) is 6.08 Å². The van der Waals surface area contributed by atoms with Crippen molar-refractivity contribution >= 4 is 5.71 Å². The number of nitrogens with zero attached hydrogens (tertiary/aromatic N) is 1. The van der Waals surface area contributed by atoms with Gasteiger partial charge >= 0.3 is 0 Å². The molecule has 2 atom stereocenters. The van der Waals surface area contributed by atoms with Gasteiger partial charge in [-0.3, -0.25) is 4.99 Å². The normalized spacial score (nSPS) is 34.7. The van der Waals surface area contributed by atoms with Crippen LogP contribution in [0.3, 0.4) is 0 Å². The highest BCUT2D eigenvalue weighted by molar-refractivity contribution is 6.05. The van der Waals surface area contributed by atoms with Crippen LogP contribution in [0.2, 0.25) is 0 Å². The minimum Gasteiger partial charge on any atom is -0.390 e. The maximum absolute atomic E-state index is 9.22. The van der Waals surface area contributed by atoms with E-state index >= 15 is 0 Å². The molecule has 2 aliphatic rings. The molecule has 0 saturated heterocycles. The molecule has 0 bridgehead atoms. The second-order valence-corrected chi connectivity index (χ2v) is 2.78. The Labute approximate surface area is 64.4 Å². The summed E-state index contributed by atoms with van der Waals surface area (Å²) in [6.07, 6.45) is 4.21. The lowest BCUT2D eigenvalue weighted by Gasteiger charge is -2.20. The first-order chi connectivity index (χ1) is 5.27. The molecule has 2 rings (SSSR count). The Bertz CT molecular complexity index is 265. The Morgan fingerprint density at radius 1 is 1.45 bits per heavy atom. The monoisotopic (exact) mass is 151 g/mol. The molecule has 0 radical (unpaired) electrons. The molecule has 0 aromatic heterocycles. The van der Waals surface area contributed by atoms with Crippen molar-refractivity contribution in [1.82, 2.24) is 0 Å². The van der Waals surface area contributed by atoms with Gasteiger partial charge in [0.05, 0.1) is 17.9 Å². The van der Waals surface area contributed by atoms with Gasteiger partial charge in [0.2, 0.25) is 0 Å². The minimum atomic E-state index is -0.730. The maximum atomic E-state index is 9.22. The van der Waals surface area contributed by atoms with Gasteiger partial charge in [-0.25, -0.2) is 0 Å². The molecule has 11 heavy (non-hydrogen) atoms. The lowest BCUT2D eigenvalue weighted by Crippen LogP contribution is -2.31. The summed E-state index contributed by atoms with van der Waals surface area (Å²) in [5.74, 6) is 0. The lowest BCUT2D eigenvalue weighted by molar-refractivity contribution is 0.0516. The van der Waals surface area contributed by atoms with E-state index in [1.54, 1.807) is 12.3 Å². The van der Waals surface area contributed by atoms with Crippen molar-refractivity contribution in [3.8, 4) is 0 Å². The van der Waals surface area contributed by atoms with Gasteiger partial charge in [0.1, 0.15) is 0 Å². The van der Waals surface area contributed by atoms with Crippen LogP contribution in [0, 0.1) is 0 Å². The highest BCUT2D eigenvalue weighted by Gasteiger charge is 2.25. The summed E-state index contributed by atoms with van der Waals surface area (Å²) >= 11 is 0. The zero-order chi connectivity index (χ0) is 7.84. The molecule has 3 nitrogen and oxygen atoms in total. The van der Waals surface area contributed by atoms with E-state index in [4.69, 9.17) is 0 Å². The fraction of sp³-hybridized carbons (Fsp3) is 0.375. The summed E-state index contributed by atoms with van der Waals surface area (Å²) < 4.78 is 0. The van der Waals surface area contributed by atoms with Crippen LogP contribution < -0.4 is 0 Å². The molecule has 1 aliphatic heterocycles. The summed E-state index contributed by atoms with van der Waals surface area (Å²) in [6.45, 7) is 0. The van der Waals surface area contributed by atoms with Crippen molar-refractivity contribution in [2.75, 3.05) is 0 Å². The first-order valence-electron chi connectivity index (χ1n) is 3.59. The van der Waals surface area contributed by atoms with Crippen molar-refractivity contribution in [2.45, 2.75) is 18.6 Å². The lowest BCUT2D eigenvalue weighted by atomic mass is 9.94. The van der Waals surface area contributed by atoms with Crippen molar-refractivity contribution in [1.29, 1.82) is 0 Å². The molecule has 1 aliphatic carbocycles. The number of hydrogen-bond acceptors (Lipinski definition) is 3. The molecule has 0 aromatic carbocycles. The minimum absolute atomic E-state index is 0.458. The number of aliphatic hydroxyl groups excluding tert-OH is 2. The molecule has 0 fully saturated rings. The molecular formula is C8H9NO2. The number of fused-ring (bicyclic) bond motifs is 1. The average Bonchev–Trinajstić information content (AvgIpc) is 2.36. The summed E-state index contributed by atoms with van der Waals surface area (Å²) in [4.78, 5) is 4.04. The van der Waals surface area contributed by atoms with E-state index in [0.29, 0.717) is 6.42 Å². The number of rotatable bonds is 0. The zero-order valence-corrected chi connectivity index (χ0v) is 5.94. The third-order valence-corrected chi connectivity index (χ3v) is 1.96. The van der Waals surface area contributed by atoms with Crippen LogP contribution in [0.4, 0.5) is 0 Å². The van der Waals surface area contributed by atoms with Crippen LogP contribution in [0.1, 0.15) is 6.42 Å². The van der Waals surface area contributed by atoms with Gasteiger partial charge < -0.3 is 10.2 Å². The molecule has 58 valence electrons. The summed E-state index contributed by atoms with van der Waals surface area (Å²) in [5, 5.41) is 18.4. The summed E-state index contributed by atoms with van der Waals surface area (Å²) in [6, 6.07) is 0. The van der Waals surface area contributed by atoms with Crippen LogP contribution in [0.25, 0.3) is 0 Å². The summed E-state index contributed by atoms with van der Waals surface area (Å²) in [7, 11) is 0. The van der Waals surface area contributed by atoms with Gasteiger partial charge in [-0.2, -0.15) is 0 Å². The standard InChI is InChI=1S/C8H9NO2/c10-7-3-5-1-2-9-6(5)4-8(7)11/h1-3,7-8,10-11H,4H2. The molecule has 0 aromatic rings. The SMILES string of the molecule is OC1C=C2C=CN=C2CC1O. The predicted molar refractivity (Wildman–Crippen MR) is 41.3 cm³/mol. The van der Waals surface area contributed by atoms with E-state index < -0.39 is 12.2 Å². The van der Waals surface area contributed by atoms with Crippen LogP contribution in [0.5, 0.6) is 0 Å². The Hall–Kier alpha value is -0.930. The molecule has 1 heterocycles. The second kappa shape index (κ2) is 2.29. The zero-order valence-electron chi connectivity index (χ0n) is 5.94. The number of allylic oxidation sites excluding steroid dienone is 2. The Kier molecular flexibility index (Phi) is 1.41.